The van der Waals surface area contributed by atoms with Crippen LogP contribution in [0.15, 0.2) is 223 Å². The largest absolute Gasteiger partial charge is 0.309 e. The highest BCUT2D eigenvalue weighted by molar-refractivity contribution is 7.26. The van der Waals surface area contributed by atoms with Gasteiger partial charge in [0.2, 0.25) is 0 Å². The van der Waals surface area contributed by atoms with E-state index in [0.29, 0.717) is 0 Å². The van der Waals surface area contributed by atoms with Crippen molar-refractivity contribution in [2.75, 3.05) is 0 Å². The third kappa shape index (κ3) is 6.83. The molecule has 2 nitrogen and oxygen atoms in total. The summed E-state index contributed by atoms with van der Waals surface area (Å²) in [5.74, 6) is 0.110. The van der Waals surface area contributed by atoms with Crippen molar-refractivity contribution in [3.63, 3.8) is 0 Å². The Morgan fingerprint density at radius 2 is 1.12 bits per heavy atom. The molecule has 1 aliphatic rings. The van der Waals surface area contributed by atoms with Crippen LogP contribution in [0.2, 0.25) is 0 Å². The van der Waals surface area contributed by atoms with E-state index in [1.165, 1.54) is 97.3 Å². The minimum atomic E-state index is 0.110. The summed E-state index contributed by atoms with van der Waals surface area (Å²) in [6, 6.07) is 75.7. The number of para-hydroxylation sites is 1. The molecule has 1 unspecified atom stereocenters. The summed E-state index contributed by atoms with van der Waals surface area (Å²) in [5, 5.41) is 7.57. The van der Waals surface area contributed by atoms with Crippen LogP contribution in [0.3, 0.4) is 0 Å². The highest BCUT2D eigenvalue weighted by Gasteiger charge is 2.26. The SMILES string of the molecule is CCC1=C(c2cccc(-c3ccccc3)c2)N=C(c2cc(-n3c4ccccc4c4cc5ccccc5cc43)cc3sc4ccccc4c23)C(C)CC=C1c1ccc(-c2ccccc2)cc1. The lowest BCUT2D eigenvalue weighted by Crippen LogP contribution is -2.16. The fourth-order valence-electron chi connectivity index (χ4n) is 10.2. The number of nitrogens with zero attached hydrogens (tertiary/aromatic N) is 2. The number of aliphatic imine (C=N–C) groups is 1. The third-order valence-electron chi connectivity index (χ3n) is 13.4. The topological polar surface area (TPSA) is 17.3 Å². The van der Waals surface area contributed by atoms with E-state index in [1.807, 2.05) is 11.3 Å². The van der Waals surface area contributed by atoms with Crippen LogP contribution in [0, 0.1) is 5.92 Å². The Hall–Kier alpha value is -7.59. The van der Waals surface area contributed by atoms with E-state index in [4.69, 9.17) is 4.99 Å². The Balaban J connectivity index is 1.13. The van der Waals surface area contributed by atoms with E-state index in [1.54, 1.807) is 0 Å². The predicted octanol–water partition coefficient (Wildman–Crippen LogP) is 17.4. The maximum atomic E-state index is 6.06. The van der Waals surface area contributed by atoms with Gasteiger partial charge in [0.05, 0.1) is 22.4 Å². The molecule has 0 N–H and O–H groups in total. The first-order valence-corrected chi connectivity index (χ1v) is 23.6. The van der Waals surface area contributed by atoms with Crippen molar-refractivity contribution in [2.45, 2.75) is 26.7 Å². The van der Waals surface area contributed by atoms with Gasteiger partial charge in [0, 0.05) is 53.7 Å². The molecule has 65 heavy (non-hydrogen) atoms. The van der Waals surface area contributed by atoms with Crippen LogP contribution >= 0.6 is 11.3 Å². The molecule has 0 radical (unpaired) electrons. The van der Waals surface area contributed by atoms with Gasteiger partial charge >= 0.3 is 0 Å². The number of fused-ring (bicyclic) bond motifs is 7. The molecular formula is C62H46N2S. The monoisotopic (exact) mass is 850 g/mol. The van der Waals surface area contributed by atoms with Gasteiger partial charge in [-0.1, -0.05) is 184 Å². The van der Waals surface area contributed by atoms with Crippen LogP contribution in [0.25, 0.3) is 92.0 Å². The number of allylic oxidation sites excluding steroid dienone is 3. The van der Waals surface area contributed by atoms with E-state index in [-0.39, 0.29) is 5.92 Å². The Kier molecular flexibility index (Phi) is 9.73. The van der Waals surface area contributed by atoms with Crippen molar-refractivity contribution in [1.82, 2.24) is 4.57 Å². The second kappa shape index (κ2) is 16.2. The second-order valence-electron chi connectivity index (χ2n) is 17.4. The van der Waals surface area contributed by atoms with Crippen molar-refractivity contribution in [3.05, 3.63) is 235 Å². The summed E-state index contributed by atoms with van der Waals surface area (Å²) in [6.45, 7) is 4.67. The van der Waals surface area contributed by atoms with E-state index in [2.05, 4.69) is 231 Å². The van der Waals surface area contributed by atoms with E-state index in [0.717, 1.165) is 35.5 Å². The zero-order valence-electron chi connectivity index (χ0n) is 36.5. The number of hydrogen-bond donors (Lipinski definition) is 0. The molecule has 12 rings (SSSR count). The molecule has 0 saturated carbocycles. The molecule has 9 aromatic carbocycles. The highest BCUT2D eigenvalue weighted by Crippen LogP contribution is 2.44. The summed E-state index contributed by atoms with van der Waals surface area (Å²) < 4.78 is 5.05. The van der Waals surface area contributed by atoms with Crippen LogP contribution in [0.1, 0.15) is 43.4 Å². The summed E-state index contributed by atoms with van der Waals surface area (Å²) in [4.78, 5) is 6.06. The molecule has 310 valence electrons. The van der Waals surface area contributed by atoms with Crippen LogP contribution in [-0.2, 0) is 0 Å². The molecule has 0 spiro atoms. The summed E-state index contributed by atoms with van der Waals surface area (Å²) in [7, 11) is 0. The second-order valence-corrected chi connectivity index (χ2v) is 18.4. The Bertz CT molecular complexity index is 3710. The van der Waals surface area contributed by atoms with Crippen molar-refractivity contribution >= 4 is 81.1 Å². The van der Waals surface area contributed by atoms with Crippen molar-refractivity contribution in [1.29, 1.82) is 0 Å². The molecule has 1 aliphatic heterocycles. The lowest BCUT2D eigenvalue weighted by atomic mass is 9.85. The summed E-state index contributed by atoms with van der Waals surface area (Å²) >= 11 is 1.88. The number of thiophene rings is 1. The zero-order chi connectivity index (χ0) is 43.4. The van der Waals surface area contributed by atoms with E-state index >= 15 is 0 Å². The first-order valence-electron chi connectivity index (χ1n) is 22.8. The molecule has 3 heteroatoms. The van der Waals surface area contributed by atoms with E-state index < -0.39 is 0 Å². The Labute approximate surface area is 383 Å². The lowest BCUT2D eigenvalue weighted by Gasteiger charge is -2.24. The minimum absolute atomic E-state index is 0.110. The normalized spacial score (nSPS) is 14.6. The van der Waals surface area contributed by atoms with Crippen molar-refractivity contribution in [3.8, 4) is 27.9 Å². The highest BCUT2D eigenvalue weighted by atomic mass is 32.1. The number of hydrogen-bond acceptors (Lipinski definition) is 2. The van der Waals surface area contributed by atoms with Crippen LogP contribution in [0.5, 0.6) is 0 Å². The number of aromatic nitrogens is 1. The molecule has 2 aromatic heterocycles. The smallest absolute Gasteiger partial charge is 0.0743 e. The van der Waals surface area contributed by atoms with Crippen LogP contribution in [-0.4, -0.2) is 10.3 Å². The van der Waals surface area contributed by atoms with Crippen LogP contribution < -0.4 is 0 Å². The maximum absolute atomic E-state index is 6.06. The molecule has 3 heterocycles. The first-order chi connectivity index (χ1) is 32.1. The minimum Gasteiger partial charge on any atom is -0.309 e. The quantitative estimate of drug-likeness (QED) is 0.152. The molecule has 0 saturated heterocycles. The van der Waals surface area contributed by atoms with Crippen LogP contribution in [0.4, 0.5) is 0 Å². The molecule has 1 atom stereocenters. The maximum Gasteiger partial charge on any atom is 0.0743 e. The van der Waals surface area contributed by atoms with Gasteiger partial charge in [-0.25, -0.2) is 0 Å². The van der Waals surface area contributed by atoms with Gasteiger partial charge in [0.25, 0.3) is 0 Å². The average molecular weight is 851 g/mol. The Morgan fingerprint density at radius 3 is 1.89 bits per heavy atom. The van der Waals surface area contributed by atoms with Gasteiger partial charge in [0.15, 0.2) is 0 Å². The standard InChI is InChI=1S/C62H46N2S/c1-3-50-51(44-32-30-43(31-33-44)41-17-6-4-7-18-41)34-29-40(2)61(63-62(50)48-24-16-23-45(35-48)42-19-8-5-9-20-42)55-38-49(39-59-60(55)53-26-13-15-28-58(53)65-59)64-56-27-14-12-25-52(56)54-36-46-21-10-11-22-47(46)37-57(54)64/h4-28,30-40H,3,29H2,1-2H3. The molecule has 0 aliphatic carbocycles. The number of rotatable bonds is 7. The Morgan fingerprint density at radius 1 is 0.508 bits per heavy atom. The average Bonchev–Trinajstić information content (AvgIpc) is 3.90. The molecule has 0 amide bonds. The van der Waals surface area contributed by atoms with Gasteiger partial charge in [-0.2, -0.15) is 0 Å². The van der Waals surface area contributed by atoms with Crippen molar-refractivity contribution < 1.29 is 0 Å². The first kappa shape index (κ1) is 39.0. The molecule has 0 bridgehead atoms. The van der Waals surface area contributed by atoms with Crippen molar-refractivity contribution in [2.24, 2.45) is 10.9 Å². The molecule has 11 aromatic rings. The molecular weight excluding hydrogens is 805 g/mol. The fraction of sp³-hybridized carbons (Fsp3) is 0.0806. The van der Waals surface area contributed by atoms with Gasteiger partial charge in [-0.3, -0.25) is 4.99 Å². The molecule has 0 fully saturated rings. The zero-order valence-corrected chi connectivity index (χ0v) is 37.3. The van der Waals surface area contributed by atoms with Gasteiger partial charge < -0.3 is 4.57 Å². The lowest BCUT2D eigenvalue weighted by molar-refractivity contribution is 0.790. The third-order valence-corrected chi connectivity index (χ3v) is 14.5. The van der Waals surface area contributed by atoms with Gasteiger partial charge in [-0.15, -0.1) is 11.3 Å². The fourth-order valence-corrected chi connectivity index (χ4v) is 11.4. The van der Waals surface area contributed by atoms with E-state index in [9.17, 15) is 0 Å². The van der Waals surface area contributed by atoms with Gasteiger partial charge in [0.1, 0.15) is 0 Å². The summed E-state index contributed by atoms with van der Waals surface area (Å²) in [6.07, 6.45) is 4.18. The number of benzene rings is 9. The predicted molar refractivity (Wildman–Crippen MR) is 280 cm³/mol. The van der Waals surface area contributed by atoms with Gasteiger partial charge in [-0.05, 0) is 105 Å². The summed E-state index contributed by atoms with van der Waals surface area (Å²) in [5.41, 5.74) is 16.6.